The molecule has 0 atom stereocenters. The third-order valence-electron chi connectivity index (χ3n) is 2.45. The van der Waals surface area contributed by atoms with Crippen LogP contribution >= 0.6 is 0 Å². The largest absolute Gasteiger partial charge is 0.482 e. The van der Waals surface area contributed by atoms with E-state index in [-0.39, 0.29) is 12.5 Å². The molecule has 4 nitrogen and oxygen atoms in total. The molecule has 1 amide bonds. The summed E-state index contributed by atoms with van der Waals surface area (Å²) < 4.78 is 41.9. The van der Waals surface area contributed by atoms with Gasteiger partial charge in [-0.15, -0.1) is 0 Å². The first kappa shape index (κ1) is 12.5. The number of anilines is 2. The van der Waals surface area contributed by atoms with Crippen LogP contribution in [-0.4, -0.2) is 32.3 Å². The van der Waals surface area contributed by atoms with E-state index in [1.54, 1.807) is 0 Å². The molecule has 0 aromatic heterocycles. The second-order valence-electron chi connectivity index (χ2n) is 3.99. The van der Waals surface area contributed by atoms with E-state index in [0.717, 1.165) is 4.90 Å². The van der Waals surface area contributed by atoms with Gasteiger partial charge in [0.25, 0.3) is 5.91 Å². The molecule has 0 radical (unpaired) electrons. The molecule has 0 spiro atoms. The first-order valence-electron chi connectivity index (χ1n) is 5.20. The number of carbonyl (C=O) groups excluding carboxylic acids is 1. The maximum atomic E-state index is 12.3. The molecule has 0 aliphatic carbocycles. The Kier molecular flexibility index (Phi) is 3.06. The predicted octanol–water partition coefficient (Wildman–Crippen LogP) is 2.02. The monoisotopic (exact) mass is 260 g/mol. The van der Waals surface area contributed by atoms with Crippen molar-refractivity contribution in [2.75, 3.05) is 30.4 Å². The number of hydrogen-bond acceptors (Lipinski definition) is 3. The molecule has 1 aromatic rings. The molecular formula is C11H11F3N2O2. The summed E-state index contributed by atoms with van der Waals surface area (Å²) in [4.78, 5) is 12.2. The molecule has 1 heterocycles. The Morgan fingerprint density at radius 1 is 1.44 bits per heavy atom. The number of benzene rings is 1. The maximum Gasteiger partial charge on any atom is 0.405 e. The van der Waals surface area contributed by atoms with E-state index in [2.05, 4.69) is 5.32 Å². The highest BCUT2D eigenvalue weighted by Gasteiger charge is 2.29. The minimum absolute atomic E-state index is 0.0786. The smallest absolute Gasteiger partial charge is 0.405 e. The zero-order valence-electron chi connectivity index (χ0n) is 9.54. The van der Waals surface area contributed by atoms with Gasteiger partial charge in [-0.3, -0.25) is 4.79 Å². The van der Waals surface area contributed by atoms with Crippen molar-refractivity contribution in [1.29, 1.82) is 0 Å². The molecule has 1 aromatic carbocycles. The summed E-state index contributed by atoms with van der Waals surface area (Å²) in [5, 5.41) is 2.55. The fraction of sp³-hybridized carbons (Fsp3) is 0.364. The van der Waals surface area contributed by atoms with E-state index in [4.69, 9.17) is 4.74 Å². The highest BCUT2D eigenvalue weighted by atomic mass is 19.4. The molecule has 1 aliphatic heterocycles. The van der Waals surface area contributed by atoms with Crippen molar-refractivity contribution >= 4 is 17.3 Å². The quantitative estimate of drug-likeness (QED) is 0.884. The Morgan fingerprint density at radius 3 is 2.83 bits per heavy atom. The van der Waals surface area contributed by atoms with Crippen molar-refractivity contribution in [3.05, 3.63) is 18.2 Å². The van der Waals surface area contributed by atoms with Gasteiger partial charge in [-0.1, -0.05) is 0 Å². The lowest BCUT2D eigenvalue weighted by molar-refractivity contribution is -0.119. The van der Waals surface area contributed by atoms with E-state index >= 15 is 0 Å². The molecule has 0 bridgehead atoms. The Morgan fingerprint density at radius 2 is 2.17 bits per heavy atom. The lowest BCUT2D eigenvalue weighted by Crippen LogP contribution is -2.31. The molecule has 0 saturated carbocycles. The van der Waals surface area contributed by atoms with Crippen LogP contribution in [0.2, 0.25) is 0 Å². The molecular weight excluding hydrogens is 249 g/mol. The van der Waals surface area contributed by atoms with Crippen LogP contribution in [0.4, 0.5) is 24.5 Å². The minimum atomic E-state index is -4.27. The Labute approximate surface area is 101 Å². The standard InChI is InChI=1S/C11H11F3N2O2/c1-16(6-11(12,13)14)7-2-3-9-8(4-7)15-10(17)5-18-9/h2-4H,5-6H2,1H3,(H,15,17). The molecule has 1 N–H and O–H groups in total. The average Bonchev–Trinajstić information content (AvgIpc) is 2.25. The molecule has 0 saturated heterocycles. The van der Waals surface area contributed by atoms with Gasteiger partial charge in [-0.05, 0) is 18.2 Å². The van der Waals surface area contributed by atoms with Gasteiger partial charge in [0.1, 0.15) is 12.3 Å². The molecule has 18 heavy (non-hydrogen) atoms. The van der Waals surface area contributed by atoms with Gasteiger partial charge in [0.15, 0.2) is 6.61 Å². The van der Waals surface area contributed by atoms with Gasteiger partial charge >= 0.3 is 6.18 Å². The molecule has 7 heteroatoms. The van der Waals surface area contributed by atoms with Gasteiger partial charge < -0.3 is 15.0 Å². The van der Waals surface area contributed by atoms with Crippen molar-refractivity contribution in [2.45, 2.75) is 6.18 Å². The third kappa shape index (κ3) is 2.85. The summed E-state index contributed by atoms with van der Waals surface area (Å²) in [6, 6.07) is 4.51. The average molecular weight is 260 g/mol. The fourth-order valence-corrected chi connectivity index (χ4v) is 1.67. The summed E-state index contributed by atoms with van der Waals surface area (Å²) >= 11 is 0. The van der Waals surface area contributed by atoms with Crippen LogP contribution in [0.15, 0.2) is 18.2 Å². The lowest BCUT2D eigenvalue weighted by Gasteiger charge is -2.24. The number of rotatable bonds is 2. The summed E-state index contributed by atoms with van der Waals surface area (Å²) in [7, 11) is 1.33. The number of nitrogens with one attached hydrogen (secondary N) is 1. The zero-order valence-corrected chi connectivity index (χ0v) is 9.54. The van der Waals surface area contributed by atoms with Crippen molar-refractivity contribution in [3.63, 3.8) is 0 Å². The van der Waals surface area contributed by atoms with Crippen LogP contribution in [0.1, 0.15) is 0 Å². The van der Waals surface area contributed by atoms with Gasteiger partial charge in [-0.25, -0.2) is 0 Å². The molecule has 0 fully saturated rings. The van der Waals surface area contributed by atoms with Gasteiger partial charge in [-0.2, -0.15) is 13.2 Å². The van der Waals surface area contributed by atoms with Crippen LogP contribution in [0.25, 0.3) is 0 Å². The highest BCUT2D eigenvalue weighted by molar-refractivity contribution is 5.96. The highest BCUT2D eigenvalue weighted by Crippen LogP contribution is 2.32. The van der Waals surface area contributed by atoms with Crippen molar-refractivity contribution < 1.29 is 22.7 Å². The van der Waals surface area contributed by atoms with Crippen LogP contribution in [-0.2, 0) is 4.79 Å². The first-order chi connectivity index (χ1) is 8.35. The van der Waals surface area contributed by atoms with E-state index in [1.165, 1.54) is 25.2 Å². The van der Waals surface area contributed by atoms with E-state index in [1.807, 2.05) is 0 Å². The Hall–Kier alpha value is -1.92. The fourth-order valence-electron chi connectivity index (χ4n) is 1.67. The second kappa shape index (κ2) is 4.40. The van der Waals surface area contributed by atoms with Crippen LogP contribution in [0, 0.1) is 0 Å². The minimum Gasteiger partial charge on any atom is -0.482 e. The summed E-state index contributed by atoms with van der Waals surface area (Å²) in [6.07, 6.45) is -4.27. The number of hydrogen-bond donors (Lipinski definition) is 1. The summed E-state index contributed by atoms with van der Waals surface area (Å²) in [6.45, 7) is -1.13. The van der Waals surface area contributed by atoms with E-state index in [0.29, 0.717) is 17.1 Å². The number of carbonyl (C=O) groups is 1. The summed E-state index contributed by atoms with van der Waals surface area (Å²) in [5.41, 5.74) is 0.745. The van der Waals surface area contributed by atoms with E-state index < -0.39 is 12.7 Å². The predicted molar refractivity (Wildman–Crippen MR) is 59.9 cm³/mol. The van der Waals surface area contributed by atoms with Gasteiger partial charge in [0.05, 0.1) is 5.69 Å². The number of alkyl halides is 3. The molecule has 2 rings (SSSR count). The van der Waals surface area contributed by atoms with Crippen molar-refractivity contribution in [3.8, 4) is 5.75 Å². The van der Waals surface area contributed by atoms with Crippen molar-refractivity contribution in [2.24, 2.45) is 0 Å². The Balaban J connectivity index is 2.20. The molecule has 98 valence electrons. The number of nitrogens with zero attached hydrogens (tertiary/aromatic N) is 1. The van der Waals surface area contributed by atoms with Gasteiger partial charge in [0, 0.05) is 12.7 Å². The van der Waals surface area contributed by atoms with Crippen LogP contribution in [0.3, 0.4) is 0 Å². The van der Waals surface area contributed by atoms with Crippen LogP contribution < -0.4 is 15.0 Å². The maximum absolute atomic E-state index is 12.3. The number of fused-ring (bicyclic) bond motifs is 1. The SMILES string of the molecule is CN(CC(F)(F)F)c1ccc2c(c1)NC(=O)CO2. The lowest BCUT2D eigenvalue weighted by atomic mass is 10.2. The first-order valence-corrected chi connectivity index (χ1v) is 5.20. The second-order valence-corrected chi connectivity index (χ2v) is 3.99. The zero-order chi connectivity index (χ0) is 13.3. The molecule has 1 aliphatic rings. The number of amides is 1. The summed E-state index contributed by atoms with van der Waals surface area (Å²) in [5.74, 6) is 0.136. The van der Waals surface area contributed by atoms with E-state index in [9.17, 15) is 18.0 Å². The normalized spacial score (nSPS) is 14.6. The number of halogens is 3. The van der Waals surface area contributed by atoms with Crippen LogP contribution in [0.5, 0.6) is 5.75 Å². The third-order valence-corrected chi connectivity index (χ3v) is 2.45. The molecule has 0 unspecified atom stereocenters. The topological polar surface area (TPSA) is 41.6 Å². The van der Waals surface area contributed by atoms with Gasteiger partial charge in [0.2, 0.25) is 0 Å². The Bertz CT molecular complexity index is 474. The van der Waals surface area contributed by atoms with Crippen molar-refractivity contribution in [1.82, 2.24) is 0 Å². The number of ether oxygens (including phenoxy) is 1.